The molecule has 23 heavy (non-hydrogen) atoms. The van der Waals surface area contributed by atoms with Crippen LogP contribution in [0.1, 0.15) is 19.4 Å². The molecule has 4 nitrogen and oxygen atoms in total. The SMILES string of the molecule is CCc1ccc(N(CC(=O)Nc2ccccc2Cl)C(C)=O)cc1. The highest BCUT2D eigenvalue weighted by atomic mass is 35.5. The molecule has 0 spiro atoms. The average molecular weight is 331 g/mol. The number of hydrogen-bond donors (Lipinski definition) is 1. The summed E-state index contributed by atoms with van der Waals surface area (Å²) in [7, 11) is 0. The van der Waals surface area contributed by atoms with Crippen LogP contribution < -0.4 is 10.2 Å². The molecule has 2 aromatic carbocycles. The minimum Gasteiger partial charge on any atom is -0.323 e. The van der Waals surface area contributed by atoms with E-state index in [9.17, 15) is 9.59 Å². The van der Waals surface area contributed by atoms with Crippen molar-refractivity contribution >= 4 is 34.8 Å². The molecule has 1 N–H and O–H groups in total. The van der Waals surface area contributed by atoms with Gasteiger partial charge in [-0.3, -0.25) is 9.59 Å². The van der Waals surface area contributed by atoms with Crippen LogP contribution in [-0.2, 0) is 16.0 Å². The highest BCUT2D eigenvalue weighted by Crippen LogP contribution is 2.21. The van der Waals surface area contributed by atoms with Crippen molar-refractivity contribution in [1.29, 1.82) is 0 Å². The number of benzene rings is 2. The molecule has 0 bridgehead atoms. The zero-order valence-corrected chi connectivity index (χ0v) is 13.9. The number of halogens is 1. The number of rotatable bonds is 5. The molecule has 2 rings (SSSR count). The fraction of sp³-hybridized carbons (Fsp3) is 0.222. The van der Waals surface area contributed by atoms with Crippen LogP contribution in [0.2, 0.25) is 5.02 Å². The molecule has 0 fully saturated rings. The van der Waals surface area contributed by atoms with Crippen LogP contribution in [0.3, 0.4) is 0 Å². The number of nitrogens with one attached hydrogen (secondary N) is 1. The molecule has 0 aromatic heterocycles. The number of anilines is 2. The Labute approximate surface area is 141 Å². The van der Waals surface area contributed by atoms with E-state index in [-0.39, 0.29) is 18.4 Å². The van der Waals surface area contributed by atoms with Crippen molar-refractivity contribution < 1.29 is 9.59 Å². The van der Waals surface area contributed by atoms with E-state index in [4.69, 9.17) is 11.6 Å². The third-order valence-electron chi connectivity index (χ3n) is 3.49. The molecule has 0 radical (unpaired) electrons. The van der Waals surface area contributed by atoms with Gasteiger partial charge in [-0.05, 0) is 36.2 Å². The molecule has 0 heterocycles. The van der Waals surface area contributed by atoms with Crippen molar-refractivity contribution in [2.24, 2.45) is 0 Å². The van der Waals surface area contributed by atoms with Crippen LogP contribution in [-0.4, -0.2) is 18.4 Å². The van der Waals surface area contributed by atoms with Crippen LogP contribution in [0.15, 0.2) is 48.5 Å². The molecule has 2 amide bonds. The van der Waals surface area contributed by atoms with E-state index in [1.165, 1.54) is 17.4 Å². The van der Waals surface area contributed by atoms with Gasteiger partial charge in [-0.25, -0.2) is 0 Å². The molecule has 120 valence electrons. The predicted octanol–water partition coefficient (Wildman–Crippen LogP) is 3.89. The molecule has 0 atom stereocenters. The van der Waals surface area contributed by atoms with E-state index in [2.05, 4.69) is 12.2 Å². The fourth-order valence-corrected chi connectivity index (χ4v) is 2.37. The molecule has 0 aliphatic heterocycles. The summed E-state index contributed by atoms with van der Waals surface area (Å²) in [5.74, 6) is -0.489. The third-order valence-corrected chi connectivity index (χ3v) is 3.82. The van der Waals surface area contributed by atoms with Gasteiger partial charge in [0, 0.05) is 12.6 Å². The summed E-state index contributed by atoms with van der Waals surface area (Å²) in [6.45, 7) is 3.44. The first-order valence-electron chi connectivity index (χ1n) is 7.42. The fourth-order valence-electron chi connectivity index (χ4n) is 2.19. The van der Waals surface area contributed by atoms with Gasteiger partial charge in [-0.15, -0.1) is 0 Å². The van der Waals surface area contributed by atoms with Crippen molar-refractivity contribution in [2.75, 3.05) is 16.8 Å². The van der Waals surface area contributed by atoms with Crippen LogP contribution in [0, 0.1) is 0 Å². The normalized spacial score (nSPS) is 10.2. The molecule has 0 saturated heterocycles. The lowest BCUT2D eigenvalue weighted by Gasteiger charge is -2.21. The molecule has 0 unspecified atom stereocenters. The lowest BCUT2D eigenvalue weighted by molar-refractivity contribution is -0.120. The Bertz CT molecular complexity index is 698. The number of hydrogen-bond acceptors (Lipinski definition) is 2. The third kappa shape index (κ3) is 4.57. The number of aryl methyl sites for hydroxylation is 1. The summed E-state index contributed by atoms with van der Waals surface area (Å²) in [6, 6.07) is 14.6. The Morgan fingerprint density at radius 2 is 1.74 bits per heavy atom. The van der Waals surface area contributed by atoms with Gasteiger partial charge in [0.2, 0.25) is 11.8 Å². The van der Waals surface area contributed by atoms with Crippen LogP contribution in [0.5, 0.6) is 0 Å². The molecule has 0 saturated carbocycles. The second-order valence-electron chi connectivity index (χ2n) is 5.15. The minimum absolute atomic E-state index is 0.0635. The highest BCUT2D eigenvalue weighted by molar-refractivity contribution is 6.33. The quantitative estimate of drug-likeness (QED) is 0.904. The summed E-state index contributed by atoms with van der Waals surface area (Å²) in [5, 5.41) is 3.18. The van der Waals surface area contributed by atoms with Crippen LogP contribution in [0.25, 0.3) is 0 Å². The summed E-state index contributed by atoms with van der Waals surface area (Å²) >= 11 is 6.02. The topological polar surface area (TPSA) is 49.4 Å². The van der Waals surface area contributed by atoms with E-state index < -0.39 is 0 Å². The number of carbonyl (C=O) groups is 2. The van der Waals surface area contributed by atoms with Gasteiger partial charge in [-0.2, -0.15) is 0 Å². The Morgan fingerprint density at radius 1 is 1.09 bits per heavy atom. The van der Waals surface area contributed by atoms with Gasteiger partial charge < -0.3 is 10.2 Å². The molecular weight excluding hydrogens is 312 g/mol. The number of carbonyl (C=O) groups excluding carboxylic acids is 2. The maximum atomic E-state index is 12.2. The Hall–Kier alpha value is -2.33. The largest absolute Gasteiger partial charge is 0.323 e. The molecule has 5 heteroatoms. The second kappa shape index (κ2) is 7.79. The lowest BCUT2D eigenvalue weighted by Crippen LogP contribution is -2.36. The van der Waals surface area contributed by atoms with Gasteiger partial charge >= 0.3 is 0 Å². The van der Waals surface area contributed by atoms with Gasteiger partial charge in [0.05, 0.1) is 10.7 Å². The molecule has 0 aliphatic carbocycles. The van der Waals surface area contributed by atoms with Gasteiger partial charge in [0.15, 0.2) is 0 Å². The van der Waals surface area contributed by atoms with Crippen molar-refractivity contribution in [3.63, 3.8) is 0 Å². The predicted molar refractivity (Wildman–Crippen MR) is 93.9 cm³/mol. The van der Waals surface area contributed by atoms with Crippen LogP contribution >= 0.6 is 11.6 Å². The maximum Gasteiger partial charge on any atom is 0.244 e. The van der Waals surface area contributed by atoms with Crippen molar-refractivity contribution in [2.45, 2.75) is 20.3 Å². The summed E-state index contributed by atoms with van der Waals surface area (Å²) in [4.78, 5) is 25.5. The van der Waals surface area contributed by atoms with Crippen molar-refractivity contribution in [3.8, 4) is 0 Å². The molecule has 0 aliphatic rings. The lowest BCUT2D eigenvalue weighted by atomic mass is 10.1. The zero-order valence-electron chi connectivity index (χ0n) is 13.2. The smallest absolute Gasteiger partial charge is 0.244 e. The monoisotopic (exact) mass is 330 g/mol. The van der Waals surface area contributed by atoms with E-state index >= 15 is 0 Å². The Morgan fingerprint density at radius 3 is 2.30 bits per heavy atom. The average Bonchev–Trinajstić information content (AvgIpc) is 2.55. The van der Waals surface area contributed by atoms with E-state index in [1.807, 2.05) is 24.3 Å². The first-order valence-corrected chi connectivity index (χ1v) is 7.80. The minimum atomic E-state index is -0.298. The second-order valence-corrected chi connectivity index (χ2v) is 5.56. The van der Waals surface area contributed by atoms with E-state index in [0.717, 1.165) is 6.42 Å². The number of nitrogens with zero attached hydrogens (tertiary/aromatic N) is 1. The Kier molecular flexibility index (Phi) is 5.77. The van der Waals surface area contributed by atoms with Crippen molar-refractivity contribution in [3.05, 3.63) is 59.1 Å². The first kappa shape index (κ1) is 17.0. The maximum absolute atomic E-state index is 12.2. The van der Waals surface area contributed by atoms with Crippen LogP contribution in [0.4, 0.5) is 11.4 Å². The summed E-state index contributed by atoms with van der Waals surface area (Å²) in [6.07, 6.45) is 0.924. The summed E-state index contributed by atoms with van der Waals surface area (Å²) < 4.78 is 0. The summed E-state index contributed by atoms with van der Waals surface area (Å²) in [5.41, 5.74) is 2.41. The first-order chi connectivity index (χ1) is 11.0. The highest BCUT2D eigenvalue weighted by Gasteiger charge is 2.16. The number of amides is 2. The van der Waals surface area contributed by atoms with Crippen molar-refractivity contribution in [1.82, 2.24) is 0 Å². The molecular formula is C18H19ClN2O2. The zero-order chi connectivity index (χ0) is 16.8. The van der Waals surface area contributed by atoms with Gasteiger partial charge in [0.1, 0.15) is 6.54 Å². The molecule has 2 aromatic rings. The Balaban J connectivity index is 2.11. The van der Waals surface area contributed by atoms with E-state index in [0.29, 0.717) is 16.4 Å². The number of para-hydroxylation sites is 1. The van der Waals surface area contributed by atoms with Gasteiger partial charge in [0.25, 0.3) is 0 Å². The standard InChI is InChI=1S/C18H19ClN2O2/c1-3-14-8-10-15(11-9-14)21(13(2)22)12-18(23)20-17-7-5-4-6-16(17)19/h4-11H,3,12H2,1-2H3,(H,20,23). The van der Waals surface area contributed by atoms with E-state index in [1.54, 1.807) is 24.3 Å². The van der Waals surface area contributed by atoms with Gasteiger partial charge in [-0.1, -0.05) is 42.8 Å².